The van der Waals surface area contributed by atoms with Crippen LogP contribution in [0.2, 0.25) is 0 Å². The maximum atomic E-state index is 13.7. The molecule has 4 aliphatic rings. The molecular formula is C22H26F2O7S. The lowest BCUT2D eigenvalue weighted by Gasteiger charge is -2.61. The molecule has 5 rings (SSSR count). The Labute approximate surface area is 188 Å². The minimum atomic E-state index is -4.01. The average molecular weight is 473 g/mol. The summed E-state index contributed by atoms with van der Waals surface area (Å²) in [5, 5.41) is 7.16. The van der Waals surface area contributed by atoms with Gasteiger partial charge in [-0.25, -0.2) is 14.8 Å². The molecule has 0 saturated heterocycles. The van der Waals surface area contributed by atoms with E-state index < -0.39 is 28.7 Å². The molecule has 0 aromatic heterocycles. The van der Waals surface area contributed by atoms with E-state index in [2.05, 4.69) is 9.37 Å². The van der Waals surface area contributed by atoms with Gasteiger partial charge in [0.2, 0.25) is 0 Å². The van der Waals surface area contributed by atoms with Gasteiger partial charge < -0.3 is 9.47 Å². The lowest BCUT2D eigenvalue weighted by molar-refractivity contribution is -0.433. The Morgan fingerprint density at radius 2 is 1.62 bits per heavy atom. The fourth-order valence-corrected chi connectivity index (χ4v) is 6.62. The summed E-state index contributed by atoms with van der Waals surface area (Å²) in [4.78, 5) is 24.4. The first kappa shape index (κ1) is 23.4. The molecule has 0 heterocycles. The van der Waals surface area contributed by atoms with Gasteiger partial charge in [0.05, 0.1) is 18.8 Å². The second-order valence-corrected chi connectivity index (χ2v) is 10.5. The van der Waals surface area contributed by atoms with E-state index in [9.17, 15) is 18.4 Å². The summed E-state index contributed by atoms with van der Waals surface area (Å²) in [6.45, 7) is 2.09. The normalized spacial score (nSPS) is 30.9. The number of aryl methyl sites for hydroxylation is 1. The number of benzene rings is 1. The third kappa shape index (κ3) is 4.93. The lowest BCUT2D eigenvalue weighted by atomic mass is 9.44. The predicted octanol–water partition coefficient (Wildman–Crippen LogP) is 4.94. The molecule has 32 heavy (non-hydrogen) atoms. The molecule has 4 aliphatic carbocycles. The molecule has 1 aromatic carbocycles. The van der Waals surface area contributed by atoms with E-state index in [4.69, 9.17) is 14.7 Å². The second kappa shape index (κ2) is 8.89. The summed E-state index contributed by atoms with van der Waals surface area (Å²) < 4.78 is 41.9. The Morgan fingerprint density at radius 3 is 2.19 bits per heavy atom. The van der Waals surface area contributed by atoms with Gasteiger partial charge >= 0.3 is 17.2 Å². The number of alkyl halides is 2. The molecule has 7 nitrogen and oxygen atoms in total. The van der Waals surface area contributed by atoms with Crippen molar-refractivity contribution in [3.05, 3.63) is 35.4 Å². The quantitative estimate of drug-likeness (QED) is 0.234. The smallest absolute Gasteiger partial charge is 0.415 e. The Kier molecular flexibility index (Phi) is 6.50. The maximum Gasteiger partial charge on any atom is 0.415 e. The Bertz CT molecular complexity index is 846. The number of carbonyl (C=O) groups is 2. The molecule has 2 unspecified atom stereocenters. The molecule has 1 N–H and O–H groups in total. The standard InChI is InChI=1S/C22H26F2O7S/c1-14-2-4-17(5-3-14)18(25)28-12-20-7-15-6-16(8-20)10-21(9-15,11-20)13-29-19(26)22(23,24)32-31-30-27/h2-5,15-16,27H,6-13H2,1H3. The molecule has 176 valence electrons. The number of halogens is 2. The fraction of sp³-hybridized carbons (Fsp3) is 0.636. The van der Waals surface area contributed by atoms with E-state index in [1.165, 1.54) is 0 Å². The molecule has 0 aliphatic heterocycles. The van der Waals surface area contributed by atoms with Crippen LogP contribution in [0.15, 0.2) is 24.3 Å². The van der Waals surface area contributed by atoms with E-state index >= 15 is 0 Å². The monoisotopic (exact) mass is 472 g/mol. The van der Waals surface area contributed by atoms with Gasteiger partial charge in [0, 0.05) is 10.8 Å². The number of esters is 2. The summed E-state index contributed by atoms with van der Waals surface area (Å²) in [7, 11) is 0. The van der Waals surface area contributed by atoms with Crippen molar-refractivity contribution < 1.29 is 42.5 Å². The third-order valence-corrected chi connectivity index (χ3v) is 7.52. The van der Waals surface area contributed by atoms with Crippen LogP contribution in [-0.4, -0.2) is 35.7 Å². The summed E-state index contributed by atoms with van der Waals surface area (Å²) in [6.07, 6.45) is 5.19. The number of hydrogen-bond donors (Lipinski definition) is 1. The van der Waals surface area contributed by atoms with Gasteiger partial charge in [-0.1, -0.05) is 22.7 Å². The summed E-state index contributed by atoms with van der Waals surface area (Å²) in [6, 6.07) is 7.19. The number of carbonyl (C=O) groups excluding carboxylic acids is 2. The van der Waals surface area contributed by atoms with Crippen LogP contribution in [0.1, 0.15) is 54.4 Å². The van der Waals surface area contributed by atoms with Crippen LogP contribution < -0.4 is 0 Å². The average Bonchev–Trinajstić information content (AvgIpc) is 2.74. The molecule has 0 amide bonds. The van der Waals surface area contributed by atoms with Crippen molar-refractivity contribution in [3.8, 4) is 0 Å². The fourth-order valence-electron chi connectivity index (χ4n) is 6.37. The molecule has 4 bridgehead atoms. The SMILES string of the molecule is Cc1ccc(C(=O)OCC23CC4CC(C2)CC(COC(=O)C(F)(F)SOOO)(C4)C3)cc1. The Balaban J connectivity index is 1.39. The molecule has 4 saturated carbocycles. The van der Waals surface area contributed by atoms with Crippen molar-refractivity contribution in [2.45, 2.75) is 50.7 Å². The maximum absolute atomic E-state index is 13.7. The first-order valence-corrected chi connectivity index (χ1v) is 11.3. The van der Waals surface area contributed by atoms with E-state index in [0.717, 1.165) is 37.7 Å². The second-order valence-electron chi connectivity index (χ2n) is 9.72. The topological polar surface area (TPSA) is 91.3 Å². The van der Waals surface area contributed by atoms with Crippen molar-refractivity contribution in [3.63, 3.8) is 0 Å². The highest BCUT2D eigenvalue weighted by atomic mass is 32.2. The number of ether oxygens (including phenoxy) is 2. The molecule has 0 radical (unpaired) electrons. The Hall–Kier alpha value is -1.75. The molecular weight excluding hydrogens is 446 g/mol. The number of hydrogen-bond acceptors (Lipinski definition) is 8. The summed E-state index contributed by atoms with van der Waals surface area (Å²) >= 11 is -0.624. The Morgan fingerprint density at radius 1 is 1.06 bits per heavy atom. The van der Waals surface area contributed by atoms with Crippen LogP contribution in [0, 0.1) is 29.6 Å². The van der Waals surface area contributed by atoms with E-state index in [1.54, 1.807) is 12.1 Å². The molecule has 2 atom stereocenters. The van der Waals surface area contributed by atoms with Gasteiger partial charge in [0.1, 0.15) is 12.0 Å². The third-order valence-electron chi connectivity index (χ3n) is 7.02. The van der Waals surface area contributed by atoms with Gasteiger partial charge in [-0.2, -0.15) is 8.78 Å². The van der Waals surface area contributed by atoms with Crippen LogP contribution in [-0.2, 0) is 23.6 Å². The van der Waals surface area contributed by atoms with Crippen LogP contribution in [0.5, 0.6) is 0 Å². The van der Waals surface area contributed by atoms with Gasteiger partial charge in [-0.3, -0.25) is 0 Å². The first-order valence-electron chi connectivity index (χ1n) is 10.6. The van der Waals surface area contributed by atoms with E-state index in [0.29, 0.717) is 23.8 Å². The molecule has 10 heteroatoms. The molecule has 4 fully saturated rings. The van der Waals surface area contributed by atoms with Crippen molar-refractivity contribution >= 4 is 24.0 Å². The van der Waals surface area contributed by atoms with Gasteiger partial charge in [0.15, 0.2) is 0 Å². The van der Waals surface area contributed by atoms with Gasteiger partial charge in [-0.05, 0) is 69.4 Å². The van der Waals surface area contributed by atoms with Crippen LogP contribution in [0.4, 0.5) is 8.78 Å². The highest BCUT2D eigenvalue weighted by molar-refractivity contribution is 7.96. The largest absolute Gasteiger partial charge is 0.462 e. The highest BCUT2D eigenvalue weighted by Crippen LogP contribution is 2.65. The van der Waals surface area contributed by atoms with Crippen LogP contribution in [0.3, 0.4) is 0 Å². The minimum absolute atomic E-state index is 0.122. The van der Waals surface area contributed by atoms with Gasteiger partial charge in [-0.15, -0.1) is 4.33 Å². The van der Waals surface area contributed by atoms with E-state index in [1.807, 2.05) is 19.1 Å². The zero-order valence-electron chi connectivity index (χ0n) is 17.7. The molecule has 0 spiro atoms. The van der Waals surface area contributed by atoms with Crippen molar-refractivity contribution in [2.24, 2.45) is 22.7 Å². The van der Waals surface area contributed by atoms with Crippen LogP contribution in [0.25, 0.3) is 0 Å². The van der Waals surface area contributed by atoms with Gasteiger partial charge in [0.25, 0.3) is 0 Å². The zero-order chi connectivity index (χ0) is 23.0. The summed E-state index contributed by atoms with van der Waals surface area (Å²) in [5.41, 5.74) is 0.934. The van der Waals surface area contributed by atoms with Crippen LogP contribution >= 0.6 is 12.0 Å². The number of rotatable bonds is 9. The molecule has 1 aromatic rings. The van der Waals surface area contributed by atoms with Crippen molar-refractivity contribution in [1.29, 1.82) is 0 Å². The summed E-state index contributed by atoms with van der Waals surface area (Å²) in [5.74, 6) is -1.32. The van der Waals surface area contributed by atoms with Crippen molar-refractivity contribution in [1.82, 2.24) is 0 Å². The van der Waals surface area contributed by atoms with Crippen molar-refractivity contribution in [2.75, 3.05) is 13.2 Å². The first-order chi connectivity index (χ1) is 15.1. The zero-order valence-corrected chi connectivity index (χ0v) is 18.5. The predicted molar refractivity (Wildman–Crippen MR) is 109 cm³/mol. The lowest BCUT2D eigenvalue weighted by Crippen LogP contribution is -2.55. The minimum Gasteiger partial charge on any atom is -0.462 e. The highest BCUT2D eigenvalue weighted by Gasteiger charge is 2.59. The van der Waals surface area contributed by atoms with E-state index in [-0.39, 0.29) is 24.6 Å².